The molecule has 2 aromatic carbocycles. The number of carbonyl (C=O) groups is 3. The predicted molar refractivity (Wildman–Crippen MR) is 113 cm³/mol. The smallest absolute Gasteiger partial charge is 0.270 e. The molecule has 6 nitrogen and oxygen atoms in total. The number of benzene rings is 2. The second-order valence-corrected chi connectivity index (χ2v) is 6.99. The van der Waals surface area contributed by atoms with E-state index in [0.717, 1.165) is 22.3 Å². The lowest BCUT2D eigenvalue weighted by Gasteiger charge is -2.09. The van der Waals surface area contributed by atoms with Crippen LogP contribution in [0, 0.1) is 13.8 Å². The molecule has 0 saturated heterocycles. The van der Waals surface area contributed by atoms with E-state index >= 15 is 0 Å². The zero-order valence-corrected chi connectivity index (χ0v) is 16.7. The summed E-state index contributed by atoms with van der Waals surface area (Å²) >= 11 is 0. The van der Waals surface area contributed by atoms with Gasteiger partial charge in [-0.1, -0.05) is 29.8 Å². The average molecular weight is 389 g/mol. The molecule has 1 heterocycles. The van der Waals surface area contributed by atoms with E-state index < -0.39 is 0 Å². The molecule has 1 aliphatic rings. The summed E-state index contributed by atoms with van der Waals surface area (Å²) < 4.78 is 0. The number of nitrogens with zero attached hydrogens (tertiary/aromatic N) is 1. The van der Waals surface area contributed by atoms with Crippen molar-refractivity contribution in [1.29, 1.82) is 0 Å². The third kappa shape index (κ3) is 4.66. The molecule has 0 fully saturated rings. The van der Waals surface area contributed by atoms with Gasteiger partial charge in [-0.05, 0) is 43.2 Å². The third-order valence-corrected chi connectivity index (χ3v) is 4.79. The molecule has 0 unspecified atom stereocenters. The Morgan fingerprint density at radius 2 is 1.72 bits per heavy atom. The van der Waals surface area contributed by atoms with Crippen molar-refractivity contribution in [2.24, 2.45) is 4.99 Å². The Bertz CT molecular complexity index is 1030. The number of carbonyl (C=O) groups excluding carboxylic acids is 3. The highest BCUT2D eigenvalue weighted by atomic mass is 16.2. The SMILES string of the molecule is CNC(=O)C1=C(C(=O)Nc2ccc(CC(=O)c3cc(C)ccc3C)cc2)CC=N1. The summed E-state index contributed by atoms with van der Waals surface area (Å²) in [5, 5.41) is 5.26. The van der Waals surface area contributed by atoms with Crippen LogP contribution in [0.2, 0.25) is 0 Å². The van der Waals surface area contributed by atoms with E-state index in [0.29, 0.717) is 24.1 Å². The molecule has 2 amide bonds. The molecule has 0 aliphatic carbocycles. The van der Waals surface area contributed by atoms with Gasteiger partial charge in [-0.2, -0.15) is 0 Å². The van der Waals surface area contributed by atoms with E-state index in [2.05, 4.69) is 15.6 Å². The van der Waals surface area contributed by atoms with Crippen LogP contribution in [-0.4, -0.2) is 30.9 Å². The lowest BCUT2D eigenvalue weighted by atomic mass is 9.97. The van der Waals surface area contributed by atoms with Crippen LogP contribution >= 0.6 is 0 Å². The standard InChI is InChI=1S/C23H23N3O3/c1-14-4-5-15(2)19(12-14)20(27)13-16-6-8-17(9-7-16)26-22(28)18-10-11-25-21(18)23(29)24-3/h4-9,11-12H,10,13H2,1-3H3,(H,24,29)(H,26,28). The molecule has 0 bridgehead atoms. The van der Waals surface area contributed by atoms with Crippen molar-refractivity contribution in [2.45, 2.75) is 26.7 Å². The van der Waals surface area contributed by atoms with E-state index in [1.54, 1.807) is 18.3 Å². The molecule has 0 aromatic heterocycles. The molecule has 29 heavy (non-hydrogen) atoms. The normalized spacial score (nSPS) is 12.8. The summed E-state index contributed by atoms with van der Waals surface area (Å²) in [5.41, 5.74) is 4.68. The summed E-state index contributed by atoms with van der Waals surface area (Å²) in [6.07, 6.45) is 2.15. The number of aryl methyl sites for hydroxylation is 2. The molecular formula is C23H23N3O3. The van der Waals surface area contributed by atoms with E-state index in [9.17, 15) is 14.4 Å². The number of amides is 2. The van der Waals surface area contributed by atoms with Gasteiger partial charge in [0.2, 0.25) is 0 Å². The highest BCUT2D eigenvalue weighted by Crippen LogP contribution is 2.20. The molecule has 1 aliphatic heterocycles. The first-order valence-corrected chi connectivity index (χ1v) is 9.37. The van der Waals surface area contributed by atoms with Crippen molar-refractivity contribution >= 4 is 29.5 Å². The van der Waals surface area contributed by atoms with Crippen molar-refractivity contribution in [3.8, 4) is 0 Å². The first-order valence-electron chi connectivity index (χ1n) is 9.37. The predicted octanol–water partition coefficient (Wildman–Crippen LogP) is 3.14. The minimum Gasteiger partial charge on any atom is -0.354 e. The average Bonchev–Trinajstić information content (AvgIpc) is 3.20. The van der Waals surface area contributed by atoms with Gasteiger partial charge < -0.3 is 10.6 Å². The summed E-state index contributed by atoms with van der Waals surface area (Å²) in [6, 6.07) is 13.0. The van der Waals surface area contributed by atoms with Gasteiger partial charge in [0.15, 0.2) is 5.78 Å². The number of nitrogens with one attached hydrogen (secondary N) is 2. The van der Waals surface area contributed by atoms with Crippen molar-refractivity contribution in [1.82, 2.24) is 5.32 Å². The second kappa shape index (κ2) is 8.65. The molecule has 2 aromatic rings. The quantitative estimate of drug-likeness (QED) is 0.744. The lowest BCUT2D eigenvalue weighted by molar-refractivity contribution is -0.118. The Balaban J connectivity index is 1.68. The van der Waals surface area contributed by atoms with Gasteiger partial charge in [0.1, 0.15) is 5.70 Å². The summed E-state index contributed by atoms with van der Waals surface area (Å²) in [5.74, 6) is -0.684. The molecule has 2 N–H and O–H groups in total. The van der Waals surface area contributed by atoms with Gasteiger partial charge in [-0.25, -0.2) is 0 Å². The van der Waals surface area contributed by atoms with Gasteiger partial charge in [0.05, 0.1) is 5.57 Å². The van der Waals surface area contributed by atoms with Crippen LogP contribution < -0.4 is 10.6 Å². The fraction of sp³-hybridized carbons (Fsp3) is 0.217. The van der Waals surface area contributed by atoms with Crippen LogP contribution in [0.3, 0.4) is 0 Å². The zero-order valence-electron chi connectivity index (χ0n) is 16.7. The number of likely N-dealkylation sites (N-methyl/N-ethyl adjacent to an activating group) is 1. The van der Waals surface area contributed by atoms with Crippen molar-refractivity contribution in [2.75, 3.05) is 12.4 Å². The number of hydrogen-bond donors (Lipinski definition) is 2. The minimum atomic E-state index is -0.385. The van der Waals surface area contributed by atoms with Crippen molar-refractivity contribution in [3.63, 3.8) is 0 Å². The number of anilines is 1. The Hall–Kier alpha value is -3.54. The maximum Gasteiger partial charge on any atom is 0.270 e. The summed E-state index contributed by atoms with van der Waals surface area (Å²) in [7, 11) is 1.50. The van der Waals surface area contributed by atoms with E-state index in [1.807, 2.05) is 44.2 Å². The fourth-order valence-corrected chi connectivity index (χ4v) is 3.15. The van der Waals surface area contributed by atoms with Gasteiger partial charge in [-0.3, -0.25) is 19.4 Å². The number of ketones is 1. The minimum absolute atomic E-state index is 0.0615. The van der Waals surface area contributed by atoms with Crippen molar-refractivity contribution < 1.29 is 14.4 Å². The van der Waals surface area contributed by atoms with E-state index in [1.165, 1.54) is 7.05 Å². The monoisotopic (exact) mass is 389 g/mol. The number of Topliss-reactive ketones (excluding diaryl/α,β-unsaturated/α-hetero) is 1. The highest BCUT2D eigenvalue weighted by molar-refractivity contribution is 6.13. The molecule has 6 heteroatoms. The van der Waals surface area contributed by atoms with Crippen LogP contribution in [0.25, 0.3) is 0 Å². The molecule has 0 atom stereocenters. The number of rotatable bonds is 6. The van der Waals surface area contributed by atoms with Gasteiger partial charge in [-0.15, -0.1) is 0 Å². The van der Waals surface area contributed by atoms with Gasteiger partial charge >= 0.3 is 0 Å². The Kier molecular flexibility index (Phi) is 6.02. The fourth-order valence-electron chi connectivity index (χ4n) is 3.15. The molecule has 148 valence electrons. The van der Waals surface area contributed by atoms with E-state index in [4.69, 9.17) is 0 Å². The first kappa shape index (κ1) is 20.2. The summed E-state index contributed by atoms with van der Waals surface area (Å²) in [4.78, 5) is 40.9. The first-order chi connectivity index (χ1) is 13.9. The Morgan fingerprint density at radius 3 is 2.41 bits per heavy atom. The van der Waals surface area contributed by atoms with Crippen LogP contribution in [0.1, 0.15) is 33.5 Å². The van der Waals surface area contributed by atoms with Gasteiger partial charge in [0, 0.05) is 37.4 Å². The largest absolute Gasteiger partial charge is 0.354 e. The van der Waals surface area contributed by atoms with Crippen LogP contribution in [0.4, 0.5) is 5.69 Å². The van der Waals surface area contributed by atoms with Crippen molar-refractivity contribution in [3.05, 3.63) is 76.0 Å². The zero-order chi connectivity index (χ0) is 21.0. The molecule has 0 spiro atoms. The second-order valence-electron chi connectivity index (χ2n) is 6.99. The topological polar surface area (TPSA) is 87.6 Å². The Labute approximate surface area is 169 Å². The maximum atomic E-state index is 12.6. The van der Waals surface area contributed by atoms with Crippen LogP contribution in [-0.2, 0) is 16.0 Å². The Morgan fingerprint density at radius 1 is 1.00 bits per heavy atom. The van der Waals surface area contributed by atoms with Gasteiger partial charge in [0.25, 0.3) is 11.8 Å². The number of aliphatic imine (C=N–C) groups is 1. The molecule has 0 radical (unpaired) electrons. The molecule has 0 saturated carbocycles. The number of hydrogen-bond acceptors (Lipinski definition) is 4. The maximum absolute atomic E-state index is 12.6. The highest BCUT2D eigenvalue weighted by Gasteiger charge is 2.23. The molecule has 3 rings (SSSR count). The third-order valence-electron chi connectivity index (χ3n) is 4.79. The van der Waals surface area contributed by atoms with Crippen LogP contribution in [0.5, 0.6) is 0 Å². The lowest BCUT2D eigenvalue weighted by Crippen LogP contribution is -2.23. The summed E-state index contributed by atoms with van der Waals surface area (Å²) in [6.45, 7) is 3.90. The van der Waals surface area contributed by atoms with Crippen LogP contribution in [0.15, 0.2) is 58.7 Å². The molecular weight excluding hydrogens is 366 g/mol. The van der Waals surface area contributed by atoms with E-state index in [-0.39, 0.29) is 23.3 Å².